The molecule has 0 aliphatic heterocycles. The zero-order chi connectivity index (χ0) is 13.2. The van der Waals surface area contributed by atoms with Gasteiger partial charge >= 0.3 is 0 Å². The molecule has 1 unspecified atom stereocenters. The molecule has 1 amide bonds. The second-order valence-corrected chi connectivity index (χ2v) is 4.73. The van der Waals surface area contributed by atoms with E-state index >= 15 is 0 Å². The fraction of sp³-hybridized carbons (Fsp3) is 0.500. The molecule has 102 valence electrons. The Morgan fingerprint density at radius 3 is 2.50 bits per heavy atom. The first kappa shape index (κ1) is 16.8. The number of anilines is 1. The van der Waals surface area contributed by atoms with Gasteiger partial charge in [-0.05, 0) is 45.4 Å². The monoisotopic (exact) mass is 273 g/mol. The van der Waals surface area contributed by atoms with Crippen LogP contribution in [-0.4, -0.2) is 21.6 Å². The molecule has 6 heteroatoms. The molecule has 1 heterocycles. The molecule has 0 saturated carbocycles. The highest BCUT2D eigenvalue weighted by Crippen LogP contribution is 2.16. The molecule has 0 saturated heterocycles. The van der Waals surface area contributed by atoms with E-state index in [9.17, 15) is 9.90 Å². The highest BCUT2D eigenvalue weighted by molar-refractivity contribution is 5.95. The van der Waals surface area contributed by atoms with Gasteiger partial charge in [-0.25, -0.2) is 4.98 Å². The average Bonchev–Trinajstić information content (AvgIpc) is 2.14. The minimum Gasteiger partial charge on any atom is -0.381 e. The van der Waals surface area contributed by atoms with Gasteiger partial charge in [0.2, 0.25) is 0 Å². The quantitative estimate of drug-likeness (QED) is 0.779. The summed E-state index contributed by atoms with van der Waals surface area (Å²) in [5.41, 5.74) is 6.01. The van der Waals surface area contributed by atoms with Crippen LogP contribution in [0.4, 0.5) is 5.82 Å². The number of hydrogen-bond donors (Lipinski definition) is 3. The Labute approximate surface area is 113 Å². The van der Waals surface area contributed by atoms with Gasteiger partial charge in [-0.1, -0.05) is 0 Å². The Hall–Kier alpha value is -1.17. The van der Waals surface area contributed by atoms with Crippen LogP contribution in [0, 0.1) is 6.92 Å². The minimum absolute atomic E-state index is 0. The molecule has 1 aromatic heterocycles. The van der Waals surface area contributed by atoms with E-state index in [0.717, 1.165) is 11.3 Å². The highest BCUT2D eigenvalue weighted by Gasteiger charge is 2.24. The lowest BCUT2D eigenvalue weighted by molar-refractivity contribution is -0.130. The van der Waals surface area contributed by atoms with E-state index in [4.69, 9.17) is 5.73 Å². The number of nitrogens with zero attached hydrogens (tertiary/aromatic N) is 1. The van der Waals surface area contributed by atoms with Crippen molar-refractivity contribution in [2.75, 3.05) is 5.32 Å². The average molecular weight is 274 g/mol. The van der Waals surface area contributed by atoms with Crippen LogP contribution in [0.5, 0.6) is 0 Å². The first-order valence-electron chi connectivity index (χ1n) is 5.48. The van der Waals surface area contributed by atoms with Gasteiger partial charge in [-0.3, -0.25) is 4.79 Å². The summed E-state index contributed by atoms with van der Waals surface area (Å²) >= 11 is 0. The molecule has 1 atom stereocenters. The molecular formula is C12H20ClN3O2. The molecule has 0 aliphatic rings. The number of pyridine rings is 1. The fourth-order valence-corrected chi connectivity index (χ4v) is 1.29. The maximum atomic E-state index is 11.6. The van der Waals surface area contributed by atoms with Gasteiger partial charge in [0.15, 0.2) is 0 Å². The van der Waals surface area contributed by atoms with E-state index in [0.29, 0.717) is 5.82 Å². The summed E-state index contributed by atoms with van der Waals surface area (Å²) in [5, 5.41) is 12.1. The van der Waals surface area contributed by atoms with Crippen molar-refractivity contribution in [2.24, 2.45) is 5.73 Å². The van der Waals surface area contributed by atoms with Gasteiger partial charge in [0.1, 0.15) is 11.4 Å². The van der Waals surface area contributed by atoms with Crippen LogP contribution in [-0.2, 0) is 4.79 Å². The summed E-state index contributed by atoms with van der Waals surface area (Å²) < 4.78 is 0. The molecule has 0 fully saturated rings. The van der Waals surface area contributed by atoms with Crippen molar-refractivity contribution in [3.63, 3.8) is 0 Å². The lowest BCUT2D eigenvalue weighted by Gasteiger charge is -2.17. The standard InChI is InChI=1S/C12H19N3O2.ClH/c1-7-5-9(8(2)13)6-10(14-7)15-11(16)12(3,4)17;/h5-6,8,17H,13H2,1-4H3,(H,14,15,16);1H. The van der Waals surface area contributed by atoms with Crippen molar-refractivity contribution in [1.82, 2.24) is 4.98 Å². The Kier molecular flexibility index (Phi) is 5.73. The smallest absolute Gasteiger partial charge is 0.256 e. The maximum Gasteiger partial charge on any atom is 0.256 e. The molecule has 1 aromatic rings. The van der Waals surface area contributed by atoms with E-state index in [2.05, 4.69) is 10.3 Å². The van der Waals surface area contributed by atoms with Crippen LogP contribution in [0.15, 0.2) is 12.1 Å². The molecule has 5 nitrogen and oxygen atoms in total. The van der Waals surface area contributed by atoms with Crippen LogP contribution < -0.4 is 11.1 Å². The summed E-state index contributed by atoms with van der Waals surface area (Å²) in [4.78, 5) is 15.8. The van der Waals surface area contributed by atoms with Crippen molar-refractivity contribution in [1.29, 1.82) is 0 Å². The predicted octanol–water partition coefficient (Wildman–Crippen LogP) is 1.54. The summed E-state index contributed by atoms with van der Waals surface area (Å²) in [6.07, 6.45) is 0. The minimum atomic E-state index is -1.43. The molecule has 18 heavy (non-hydrogen) atoms. The largest absolute Gasteiger partial charge is 0.381 e. The summed E-state index contributed by atoms with van der Waals surface area (Å²) in [7, 11) is 0. The van der Waals surface area contributed by atoms with E-state index in [1.807, 2.05) is 19.9 Å². The van der Waals surface area contributed by atoms with Gasteiger partial charge in [0.25, 0.3) is 5.91 Å². The highest BCUT2D eigenvalue weighted by atomic mass is 35.5. The van der Waals surface area contributed by atoms with Gasteiger partial charge in [-0.15, -0.1) is 12.4 Å². The number of nitrogens with one attached hydrogen (secondary N) is 1. The zero-order valence-electron chi connectivity index (χ0n) is 11.0. The van der Waals surface area contributed by atoms with Crippen LogP contribution in [0.1, 0.15) is 38.1 Å². The van der Waals surface area contributed by atoms with Crippen molar-refractivity contribution in [2.45, 2.75) is 39.3 Å². The first-order valence-corrected chi connectivity index (χ1v) is 5.48. The van der Waals surface area contributed by atoms with Gasteiger partial charge in [-0.2, -0.15) is 0 Å². The third-order valence-electron chi connectivity index (χ3n) is 2.30. The van der Waals surface area contributed by atoms with Gasteiger partial charge < -0.3 is 16.2 Å². The fourth-order valence-electron chi connectivity index (χ4n) is 1.29. The lowest BCUT2D eigenvalue weighted by atomic mass is 10.1. The topological polar surface area (TPSA) is 88.2 Å². The third-order valence-corrected chi connectivity index (χ3v) is 2.30. The number of aryl methyl sites for hydroxylation is 1. The number of aromatic nitrogens is 1. The van der Waals surface area contributed by atoms with Crippen molar-refractivity contribution < 1.29 is 9.90 Å². The number of rotatable bonds is 3. The SMILES string of the molecule is Cc1cc(C(C)N)cc(NC(=O)C(C)(C)O)n1.Cl. The maximum absolute atomic E-state index is 11.6. The van der Waals surface area contributed by atoms with Crippen LogP contribution in [0.3, 0.4) is 0 Å². The Morgan fingerprint density at radius 1 is 1.50 bits per heavy atom. The lowest BCUT2D eigenvalue weighted by Crippen LogP contribution is -2.37. The number of carbonyl (C=O) groups excluding carboxylic acids is 1. The Bertz CT molecular complexity index is 428. The Morgan fingerprint density at radius 2 is 2.06 bits per heavy atom. The molecule has 1 rings (SSSR count). The van der Waals surface area contributed by atoms with E-state index in [1.165, 1.54) is 13.8 Å². The van der Waals surface area contributed by atoms with Crippen LogP contribution in [0.25, 0.3) is 0 Å². The van der Waals surface area contributed by atoms with Crippen molar-refractivity contribution in [3.8, 4) is 0 Å². The van der Waals surface area contributed by atoms with Gasteiger partial charge in [0, 0.05) is 11.7 Å². The third kappa shape index (κ3) is 4.60. The Balaban J connectivity index is 0.00000289. The number of hydrogen-bond acceptors (Lipinski definition) is 4. The van der Waals surface area contributed by atoms with Crippen molar-refractivity contribution in [3.05, 3.63) is 23.4 Å². The second kappa shape index (κ2) is 6.13. The molecule has 4 N–H and O–H groups in total. The summed E-state index contributed by atoms with van der Waals surface area (Å²) in [5.74, 6) is -0.0874. The molecule has 0 aromatic carbocycles. The van der Waals surface area contributed by atoms with Crippen molar-refractivity contribution >= 4 is 24.1 Å². The molecular weight excluding hydrogens is 254 g/mol. The number of halogens is 1. The number of aliphatic hydroxyl groups is 1. The van der Waals surface area contributed by atoms with Crippen LogP contribution in [0.2, 0.25) is 0 Å². The normalized spacial score (nSPS) is 12.6. The number of amides is 1. The molecule has 0 bridgehead atoms. The summed E-state index contributed by atoms with van der Waals surface area (Å²) in [6.45, 7) is 6.52. The second-order valence-electron chi connectivity index (χ2n) is 4.73. The first-order chi connectivity index (χ1) is 7.70. The number of carbonyl (C=O) groups is 1. The molecule has 0 radical (unpaired) electrons. The molecule has 0 aliphatic carbocycles. The predicted molar refractivity (Wildman–Crippen MR) is 73.8 cm³/mol. The molecule has 0 spiro atoms. The number of nitrogens with two attached hydrogens (primary N) is 1. The van der Waals surface area contributed by atoms with Crippen LogP contribution >= 0.6 is 12.4 Å². The zero-order valence-corrected chi connectivity index (χ0v) is 11.8. The van der Waals surface area contributed by atoms with E-state index in [-0.39, 0.29) is 18.4 Å². The van der Waals surface area contributed by atoms with E-state index in [1.54, 1.807) is 6.07 Å². The summed E-state index contributed by atoms with van der Waals surface area (Å²) in [6, 6.07) is 3.45. The van der Waals surface area contributed by atoms with E-state index < -0.39 is 11.5 Å². The van der Waals surface area contributed by atoms with Gasteiger partial charge in [0.05, 0.1) is 0 Å².